The summed E-state index contributed by atoms with van der Waals surface area (Å²) in [5, 5.41) is 5.27. The maximum absolute atomic E-state index is 12.9. The Hall–Kier alpha value is -2.64. The van der Waals surface area contributed by atoms with Crippen LogP contribution in [-0.2, 0) is 14.3 Å². The standard InChI is InChI=1S/C23H34N4O4/c1-15-13-17(14-24-19(15)26-22(30)31-23(2,3)4)25-20(28)21(29)27-12-8-7-11-18(27)16-9-5-6-10-16/h13-14,16,18H,5-12H2,1-4H3,(H,25,28)(H,24,26,30)/t18-/m1/s1. The van der Waals surface area contributed by atoms with Crippen molar-refractivity contribution in [2.45, 2.75) is 84.3 Å². The van der Waals surface area contributed by atoms with Crippen LogP contribution in [0.1, 0.15) is 71.3 Å². The van der Waals surface area contributed by atoms with Crippen LogP contribution in [0.2, 0.25) is 0 Å². The third-order valence-corrected chi connectivity index (χ3v) is 5.90. The van der Waals surface area contributed by atoms with Crippen LogP contribution in [0.25, 0.3) is 0 Å². The van der Waals surface area contributed by atoms with E-state index in [1.807, 2.05) is 0 Å². The molecule has 31 heavy (non-hydrogen) atoms. The molecule has 0 aromatic carbocycles. The minimum Gasteiger partial charge on any atom is -0.444 e. The summed E-state index contributed by atoms with van der Waals surface area (Å²) in [4.78, 5) is 43.5. The second kappa shape index (κ2) is 9.66. The van der Waals surface area contributed by atoms with E-state index in [1.54, 1.807) is 38.7 Å². The number of aryl methyl sites for hydroxylation is 1. The first-order valence-electron chi connectivity index (χ1n) is 11.2. The predicted molar refractivity (Wildman–Crippen MR) is 119 cm³/mol. The first kappa shape index (κ1) is 23.0. The van der Waals surface area contributed by atoms with Gasteiger partial charge in [-0.25, -0.2) is 9.78 Å². The summed E-state index contributed by atoms with van der Waals surface area (Å²) in [6, 6.07) is 1.85. The molecule has 2 heterocycles. The molecule has 1 aliphatic heterocycles. The normalized spacial score (nSPS) is 19.7. The summed E-state index contributed by atoms with van der Waals surface area (Å²) in [7, 11) is 0. The largest absolute Gasteiger partial charge is 0.444 e. The van der Waals surface area contributed by atoms with Gasteiger partial charge in [-0.2, -0.15) is 0 Å². The molecule has 0 unspecified atom stereocenters. The zero-order valence-electron chi connectivity index (χ0n) is 19.0. The average Bonchev–Trinajstić information content (AvgIpc) is 3.23. The molecule has 2 fully saturated rings. The van der Waals surface area contributed by atoms with Crippen molar-refractivity contribution in [1.82, 2.24) is 9.88 Å². The van der Waals surface area contributed by atoms with Gasteiger partial charge in [0.15, 0.2) is 0 Å². The van der Waals surface area contributed by atoms with Gasteiger partial charge in [0, 0.05) is 12.6 Å². The Morgan fingerprint density at radius 2 is 1.74 bits per heavy atom. The van der Waals surface area contributed by atoms with E-state index in [0.717, 1.165) is 32.1 Å². The highest BCUT2D eigenvalue weighted by molar-refractivity contribution is 6.39. The van der Waals surface area contributed by atoms with Crippen molar-refractivity contribution in [2.24, 2.45) is 5.92 Å². The third kappa shape index (κ3) is 6.18. The lowest BCUT2D eigenvalue weighted by atomic mass is 9.89. The van der Waals surface area contributed by atoms with Crippen LogP contribution < -0.4 is 10.6 Å². The fourth-order valence-corrected chi connectivity index (χ4v) is 4.53. The highest BCUT2D eigenvalue weighted by Crippen LogP contribution is 2.35. The molecule has 1 atom stereocenters. The minimum absolute atomic E-state index is 0.176. The van der Waals surface area contributed by atoms with Gasteiger partial charge in [-0.3, -0.25) is 14.9 Å². The van der Waals surface area contributed by atoms with Crippen LogP contribution in [0.15, 0.2) is 12.3 Å². The number of carbonyl (C=O) groups is 3. The molecule has 1 saturated carbocycles. The van der Waals surface area contributed by atoms with Gasteiger partial charge in [-0.15, -0.1) is 0 Å². The number of pyridine rings is 1. The number of ether oxygens (including phenoxy) is 1. The van der Waals surface area contributed by atoms with Crippen LogP contribution in [0, 0.1) is 12.8 Å². The number of nitrogens with one attached hydrogen (secondary N) is 2. The first-order valence-corrected chi connectivity index (χ1v) is 11.2. The molecule has 8 heteroatoms. The summed E-state index contributed by atoms with van der Waals surface area (Å²) in [6.45, 7) is 7.74. The Morgan fingerprint density at radius 3 is 2.39 bits per heavy atom. The van der Waals surface area contributed by atoms with Crippen molar-refractivity contribution in [3.8, 4) is 0 Å². The van der Waals surface area contributed by atoms with Crippen molar-refractivity contribution < 1.29 is 19.1 Å². The quantitative estimate of drug-likeness (QED) is 0.698. The molecule has 3 rings (SSSR count). The van der Waals surface area contributed by atoms with E-state index < -0.39 is 23.5 Å². The summed E-state index contributed by atoms with van der Waals surface area (Å²) in [5.41, 5.74) is 0.454. The van der Waals surface area contributed by atoms with Gasteiger partial charge in [0.1, 0.15) is 11.4 Å². The van der Waals surface area contributed by atoms with E-state index in [0.29, 0.717) is 29.5 Å². The fourth-order valence-electron chi connectivity index (χ4n) is 4.53. The number of piperidine rings is 1. The van der Waals surface area contributed by atoms with Gasteiger partial charge in [0.2, 0.25) is 0 Å². The van der Waals surface area contributed by atoms with Crippen molar-refractivity contribution in [3.63, 3.8) is 0 Å². The molecule has 1 aromatic rings. The number of amides is 3. The van der Waals surface area contributed by atoms with E-state index in [4.69, 9.17) is 4.74 Å². The van der Waals surface area contributed by atoms with Gasteiger partial charge < -0.3 is 15.0 Å². The first-order chi connectivity index (χ1) is 14.6. The topological polar surface area (TPSA) is 101 Å². The second-order valence-corrected chi connectivity index (χ2v) is 9.58. The predicted octanol–water partition coefficient (Wildman–Crippen LogP) is 4.25. The van der Waals surface area contributed by atoms with Gasteiger partial charge in [-0.05, 0) is 77.3 Å². The summed E-state index contributed by atoms with van der Waals surface area (Å²) >= 11 is 0. The lowest BCUT2D eigenvalue weighted by Gasteiger charge is -2.38. The molecule has 2 N–H and O–H groups in total. The summed E-state index contributed by atoms with van der Waals surface area (Å²) in [6.07, 6.45) is 8.57. The van der Waals surface area contributed by atoms with E-state index >= 15 is 0 Å². The van der Waals surface area contributed by atoms with Gasteiger partial charge in [0.05, 0.1) is 11.9 Å². The number of rotatable bonds is 3. The van der Waals surface area contributed by atoms with Crippen molar-refractivity contribution in [2.75, 3.05) is 17.2 Å². The summed E-state index contributed by atoms with van der Waals surface area (Å²) in [5.74, 6) is -0.251. The molecule has 0 bridgehead atoms. The number of aromatic nitrogens is 1. The van der Waals surface area contributed by atoms with Crippen molar-refractivity contribution in [3.05, 3.63) is 17.8 Å². The molecule has 170 valence electrons. The molecule has 2 aliphatic rings. The van der Waals surface area contributed by atoms with E-state index in [-0.39, 0.29) is 6.04 Å². The molecular weight excluding hydrogens is 396 g/mol. The van der Waals surface area contributed by atoms with Crippen LogP contribution in [0.5, 0.6) is 0 Å². The highest BCUT2D eigenvalue weighted by Gasteiger charge is 2.36. The van der Waals surface area contributed by atoms with E-state index in [9.17, 15) is 14.4 Å². The average molecular weight is 431 g/mol. The number of nitrogens with zero attached hydrogens (tertiary/aromatic N) is 2. The maximum Gasteiger partial charge on any atom is 0.413 e. The Bertz CT molecular complexity index is 827. The fraction of sp³-hybridized carbons (Fsp3) is 0.652. The molecule has 1 aromatic heterocycles. The van der Waals surface area contributed by atoms with Crippen LogP contribution >= 0.6 is 0 Å². The number of anilines is 2. The summed E-state index contributed by atoms with van der Waals surface area (Å²) < 4.78 is 5.23. The van der Waals surface area contributed by atoms with Gasteiger partial charge in [0.25, 0.3) is 0 Å². The van der Waals surface area contributed by atoms with Crippen LogP contribution in [0.4, 0.5) is 16.3 Å². The lowest BCUT2D eigenvalue weighted by molar-refractivity contribution is -0.146. The van der Waals surface area contributed by atoms with Crippen molar-refractivity contribution >= 4 is 29.4 Å². The SMILES string of the molecule is Cc1cc(NC(=O)C(=O)N2CCCC[C@@H]2C2CCCC2)cnc1NC(=O)OC(C)(C)C. The van der Waals surface area contributed by atoms with Crippen LogP contribution in [0.3, 0.4) is 0 Å². The molecule has 1 saturated heterocycles. The molecule has 0 radical (unpaired) electrons. The van der Waals surface area contributed by atoms with E-state index in [2.05, 4.69) is 15.6 Å². The number of hydrogen-bond donors (Lipinski definition) is 2. The molecule has 1 aliphatic carbocycles. The third-order valence-electron chi connectivity index (χ3n) is 5.90. The number of likely N-dealkylation sites (tertiary alicyclic amines) is 1. The Labute approximate surface area is 184 Å². The Morgan fingerprint density at radius 1 is 1.06 bits per heavy atom. The smallest absolute Gasteiger partial charge is 0.413 e. The van der Waals surface area contributed by atoms with Crippen molar-refractivity contribution in [1.29, 1.82) is 0 Å². The zero-order valence-corrected chi connectivity index (χ0v) is 19.0. The van der Waals surface area contributed by atoms with Gasteiger partial charge in [-0.1, -0.05) is 12.8 Å². The highest BCUT2D eigenvalue weighted by atomic mass is 16.6. The lowest BCUT2D eigenvalue weighted by Crippen LogP contribution is -2.50. The second-order valence-electron chi connectivity index (χ2n) is 9.58. The van der Waals surface area contributed by atoms with Crippen LogP contribution in [-0.4, -0.2) is 46.0 Å². The van der Waals surface area contributed by atoms with Gasteiger partial charge >= 0.3 is 17.9 Å². The Balaban J connectivity index is 1.62. The number of carbonyl (C=O) groups excluding carboxylic acids is 3. The number of hydrogen-bond acceptors (Lipinski definition) is 5. The molecule has 3 amide bonds. The molecule has 8 nitrogen and oxygen atoms in total. The zero-order chi connectivity index (χ0) is 22.6. The minimum atomic E-state index is -0.640. The Kier molecular flexibility index (Phi) is 7.18. The maximum atomic E-state index is 12.9. The molecular formula is C23H34N4O4. The van der Waals surface area contributed by atoms with E-state index in [1.165, 1.54) is 19.0 Å². The monoisotopic (exact) mass is 430 g/mol. The molecule has 0 spiro atoms.